The average molecular weight is 893 g/mol. The molecule has 2 N–H and O–H groups in total. The summed E-state index contributed by atoms with van der Waals surface area (Å²) in [6.07, 6.45) is 27.6. The Balaban J connectivity index is 1.86. The van der Waals surface area contributed by atoms with Gasteiger partial charge in [0.05, 0.1) is 0 Å². The van der Waals surface area contributed by atoms with Gasteiger partial charge >= 0.3 is 0 Å². The van der Waals surface area contributed by atoms with Crippen LogP contribution in [0.5, 0.6) is 0 Å². The highest BCUT2D eigenvalue weighted by Crippen LogP contribution is 2.57. The van der Waals surface area contributed by atoms with E-state index in [1.807, 2.05) is 12.2 Å². The van der Waals surface area contributed by atoms with E-state index in [0.717, 1.165) is 55.3 Å². The number of aryl methyl sites for hydroxylation is 1. The van der Waals surface area contributed by atoms with Crippen LogP contribution in [0.25, 0.3) is 11.0 Å². The van der Waals surface area contributed by atoms with Crippen LogP contribution in [0.2, 0.25) is 6.32 Å². The maximum Gasteiger partial charge on any atom is 0.200 e. The third-order valence-corrected chi connectivity index (χ3v) is 14.6. The van der Waals surface area contributed by atoms with Crippen LogP contribution < -0.4 is 10.6 Å². The van der Waals surface area contributed by atoms with Crippen molar-refractivity contribution in [1.82, 2.24) is 10.6 Å². The van der Waals surface area contributed by atoms with Gasteiger partial charge in [-0.25, -0.2) is 0 Å². The highest BCUT2D eigenvalue weighted by atomic mass is 16.3. The predicted molar refractivity (Wildman–Crippen MR) is 294 cm³/mol. The lowest BCUT2D eigenvalue weighted by Crippen LogP contribution is -2.44. The fourth-order valence-corrected chi connectivity index (χ4v) is 10.3. The van der Waals surface area contributed by atoms with E-state index < -0.39 is 0 Å². The van der Waals surface area contributed by atoms with E-state index in [2.05, 4.69) is 202 Å². The fraction of sp³-hybridized carbons (Fsp3) is 0.548. The largest absolute Gasteiger partial charge is 0.461 e. The number of fused-ring (bicyclic) bond motifs is 3. The van der Waals surface area contributed by atoms with E-state index in [1.54, 1.807) is 5.56 Å². The first-order valence-corrected chi connectivity index (χ1v) is 25.3. The van der Waals surface area contributed by atoms with Crippen molar-refractivity contribution in [2.24, 2.45) is 21.7 Å². The Morgan fingerprint density at radius 2 is 1.44 bits per heavy atom. The first-order valence-electron chi connectivity index (χ1n) is 25.3. The molecule has 0 spiro atoms. The monoisotopic (exact) mass is 893 g/mol. The van der Waals surface area contributed by atoms with Crippen LogP contribution in [-0.2, 0) is 17.3 Å². The van der Waals surface area contributed by atoms with E-state index in [4.69, 9.17) is 11.0 Å². The summed E-state index contributed by atoms with van der Waals surface area (Å²) in [5, 5.41) is 9.10. The molecule has 0 amide bonds. The van der Waals surface area contributed by atoms with Crippen LogP contribution >= 0.6 is 0 Å². The number of furan rings is 1. The van der Waals surface area contributed by atoms with E-state index >= 15 is 0 Å². The molecule has 1 fully saturated rings. The molecule has 2 aromatic rings. The standard InChI is InChI=1S/C62H93BN2O/c1-21-23-24-25-35-63(36-29-48-39-47-40-51-52(41-55(47)66-48)62(20)33-31-61(51,19)32-34-62)53(54(38-44(3)4)65-37-26-30-57(7,8)9)43-64-42-49(45(5)27-28-46(6)58(10,11)12)56(60(16,17)18)50(22-2)59(13,14)15/h21-26,35,37,39-41,43,54,64-65H,1,3,5-6,27-34,36,38,42H2,2,4,7-20H3/b24-23-,35-25+,37-26+,50-22+,53-43-,56-49-. The Hall–Kier alpha value is -4.18. The summed E-state index contributed by atoms with van der Waals surface area (Å²) in [6, 6.07) is 7.20. The van der Waals surface area contributed by atoms with Gasteiger partial charge in [-0.3, -0.25) is 0 Å². The summed E-state index contributed by atoms with van der Waals surface area (Å²) in [5.41, 5.74) is 13.6. The molecule has 66 heavy (non-hydrogen) atoms. The summed E-state index contributed by atoms with van der Waals surface area (Å²) in [4.78, 5) is 0. The van der Waals surface area contributed by atoms with Gasteiger partial charge in [0.25, 0.3) is 0 Å². The lowest BCUT2D eigenvalue weighted by molar-refractivity contribution is 0.188. The number of allylic oxidation sites excluding steroid dienone is 9. The number of nitrogens with one attached hydrogen (secondary N) is 2. The van der Waals surface area contributed by atoms with Crippen molar-refractivity contribution >= 4 is 17.7 Å². The topological polar surface area (TPSA) is 37.2 Å². The first-order chi connectivity index (χ1) is 30.5. The maximum absolute atomic E-state index is 6.79. The maximum atomic E-state index is 6.79. The number of benzene rings is 1. The molecule has 1 aromatic carbocycles. The van der Waals surface area contributed by atoms with Crippen LogP contribution in [0.3, 0.4) is 0 Å². The third-order valence-electron chi connectivity index (χ3n) is 14.6. The van der Waals surface area contributed by atoms with Gasteiger partial charge in [-0.1, -0.05) is 176 Å². The van der Waals surface area contributed by atoms with Crippen molar-refractivity contribution in [2.45, 2.75) is 192 Å². The van der Waals surface area contributed by atoms with Gasteiger partial charge in [0.1, 0.15) is 11.3 Å². The Morgan fingerprint density at radius 1 is 0.818 bits per heavy atom. The number of hydrogen-bond donors (Lipinski definition) is 2. The smallest absolute Gasteiger partial charge is 0.200 e. The van der Waals surface area contributed by atoms with Crippen molar-refractivity contribution < 1.29 is 4.42 Å². The van der Waals surface area contributed by atoms with Crippen LogP contribution in [0.4, 0.5) is 0 Å². The van der Waals surface area contributed by atoms with Gasteiger partial charge in [0, 0.05) is 18.0 Å². The molecule has 5 rings (SSSR count). The second kappa shape index (κ2) is 21.8. The molecule has 1 saturated carbocycles. The van der Waals surface area contributed by atoms with Crippen molar-refractivity contribution in [1.29, 1.82) is 0 Å². The van der Waals surface area contributed by atoms with Crippen LogP contribution in [0.1, 0.15) is 179 Å². The normalized spacial score (nSPS) is 20.5. The molecular formula is C62H93BN2O. The molecule has 1 aromatic heterocycles. The summed E-state index contributed by atoms with van der Waals surface area (Å²) in [7, 11) is 0. The van der Waals surface area contributed by atoms with Gasteiger partial charge in [-0.15, -0.1) is 12.6 Å². The molecule has 0 saturated heterocycles. The van der Waals surface area contributed by atoms with Crippen molar-refractivity contribution in [3.8, 4) is 0 Å². The minimum Gasteiger partial charge on any atom is -0.461 e. The minimum atomic E-state index is -0.117. The SMILES string of the molecule is C=C/C=C\C=C\B(CCc1cc2cc3c(cc2o1)C1(C)CCC3(C)CC1)/C(=C\NC/C(C(=C)CCC(=C)C(C)(C)C)=C(\C(=C/C)C(C)(C)C)C(C)(C)C)C(CC(=C)C)N/C=C/CC(C)(C)C. The van der Waals surface area contributed by atoms with Crippen molar-refractivity contribution in [3.05, 3.63) is 155 Å². The van der Waals surface area contributed by atoms with Gasteiger partial charge in [0.2, 0.25) is 6.71 Å². The lowest BCUT2D eigenvalue weighted by atomic mass is 9.40. The van der Waals surface area contributed by atoms with Gasteiger partial charge in [-0.2, -0.15) is 0 Å². The van der Waals surface area contributed by atoms with Gasteiger partial charge < -0.3 is 15.1 Å². The zero-order chi connectivity index (χ0) is 49.5. The zero-order valence-corrected chi connectivity index (χ0v) is 45.1. The second-order valence-electron chi connectivity index (χ2n) is 25.0. The quantitative estimate of drug-likeness (QED) is 0.0745. The summed E-state index contributed by atoms with van der Waals surface area (Å²) in [5.74, 6) is 3.41. The Labute approximate surface area is 406 Å². The molecule has 3 aliphatic carbocycles. The van der Waals surface area contributed by atoms with E-state index in [9.17, 15) is 0 Å². The molecule has 3 nitrogen and oxygen atoms in total. The Morgan fingerprint density at radius 3 is 1.97 bits per heavy atom. The molecule has 4 heteroatoms. The van der Waals surface area contributed by atoms with E-state index in [0.29, 0.717) is 6.54 Å². The van der Waals surface area contributed by atoms with Crippen LogP contribution in [0, 0.1) is 21.7 Å². The van der Waals surface area contributed by atoms with Crippen LogP contribution in [-0.4, -0.2) is 19.3 Å². The van der Waals surface area contributed by atoms with Crippen molar-refractivity contribution in [2.75, 3.05) is 6.54 Å². The number of hydrogen-bond acceptors (Lipinski definition) is 3. The molecule has 360 valence electrons. The lowest BCUT2D eigenvalue weighted by Gasteiger charge is -2.52. The Kier molecular flexibility index (Phi) is 18.0. The van der Waals surface area contributed by atoms with E-state index in [-0.39, 0.29) is 45.2 Å². The molecule has 1 heterocycles. The number of rotatable bonds is 21. The average Bonchev–Trinajstić information content (AvgIpc) is 3.61. The summed E-state index contributed by atoms with van der Waals surface area (Å²) < 4.78 is 6.79. The van der Waals surface area contributed by atoms with Gasteiger partial charge in [0.15, 0.2) is 0 Å². The summed E-state index contributed by atoms with van der Waals surface area (Å²) in [6.45, 7) is 55.5. The molecule has 3 aliphatic rings. The molecule has 2 bridgehead atoms. The molecule has 1 atom stereocenters. The molecule has 1 unspecified atom stereocenters. The minimum absolute atomic E-state index is 0.0112. The first kappa shape index (κ1) is 54.4. The highest BCUT2D eigenvalue weighted by molar-refractivity contribution is 6.72. The zero-order valence-electron chi connectivity index (χ0n) is 45.1. The fourth-order valence-electron chi connectivity index (χ4n) is 10.3. The summed E-state index contributed by atoms with van der Waals surface area (Å²) >= 11 is 0. The second-order valence-corrected chi connectivity index (χ2v) is 25.0. The third kappa shape index (κ3) is 14.4. The highest BCUT2D eigenvalue weighted by Gasteiger charge is 2.48. The van der Waals surface area contributed by atoms with E-state index in [1.165, 1.54) is 70.0 Å². The molecular weight excluding hydrogens is 800 g/mol. The predicted octanol–water partition coefficient (Wildman–Crippen LogP) is 17.6. The van der Waals surface area contributed by atoms with Crippen molar-refractivity contribution in [3.63, 3.8) is 0 Å². The molecule has 0 aliphatic heterocycles. The van der Waals surface area contributed by atoms with Gasteiger partial charge in [-0.05, 0) is 168 Å². The Bertz CT molecular complexity index is 2190. The van der Waals surface area contributed by atoms with Crippen LogP contribution in [0.15, 0.2) is 143 Å². The molecule has 0 radical (unpaired) electrons.